The summed E-state index contributed by atoms with van der Waals surface area (Å²) in [7, 11) is 3.50. The summed E-state index contributed by atoms with van der Waals surface area (Å²) in [5, 5.41) is 12.1. The molecule has 0 saturated heterocycles. The Morgan fingerprint density at radius 1 is 1.09 bits per heavy atom. The number of nitrogens with zero attached hydrogens (tertiary/aromatic N) is 1. The van der Waals surface area contributed by atoms with E-state index in [1.807, 2.05) is 37.4 Å². The van der Waals surface area contributed by atoms with E-state index < -0.39 is 5.97 Å². The summed E-state index contributed by atoms with van der Waals surface area (Å²) in [4.78, 5) is 10.6. The van der Waals surface area contributed by atoms with Gasteiger partial charge in [0, 0.05) is 30.5 Å². The maximum Gasteiger partial charge on any atom is 0.331 e. The molecule has 32 heavy (non-hydrogen) atoms. The van der Waals surface area contributed by atoms with Crippen LogP contribution in [0.4, 0.5) is 11.4 Å². The molecule has 0 spiro atoms. The van der Waals surface area contributed by atoms with Crippen molar-refractivity contribution < 1.29 is 18.8 Å². The molecular formula is C25H28N2O4S. The largest absolute Gasteiger partial charge is 0.496 e. The number of aliphatic carboxylic acids is 1. The average Bonchev–Trinajstić information content (AvgIpc) is 2.79. The monoisotopic (exact) mass is 452 g/mol. The van der Waals surface area contributed by atoms with Crippen LogP contribution in [0.5, 0.6) is 5.75 Å². The second-order valence-corrected chi connectivity index (χ2v) is 8.33. The van der Waals surface area contributed by atoms with Gasteiger partial charge in [-0.3, -0.25) is 8.49 Å². The van der Waals surface area contributed by atoms with Crippen molar-refractivity contribution in [1.29, 1.82) is 0 Å². The Balaban J connectivity index is 1.69. The van der Waals surface area contributed by atoms with E-state index in [0.717, 1.165) is 34.9 Å². The second-order valence-electron chi connectivity index (χ2n) is 7.40. The number of carboxylic acids is 1. The number of aryl methyl sites for hydroxylation is 1. The molecule has 2 N–H and O–H groups in total. The molecule has 3 aromatic carbocycles. The number of anilines is 2. The van der Waals surface area contributed by atoms with E-state index in [2.05, 4.69) is 49.5 Å². The van der Waals surface area contributed by atoms with Gasteiger partial charge in [0.1, 0.15) is 18.0 Å². The molecule has 0 fully saturated rings. The number of rotatable bonds is 10. The molecule has 0 aromatic heterocycles. The first-order valence-electron chi connectivity index (χ1n) is 10.2. The minimum Gasteiger partial charge on any atom is -0.496 e. The van der Waals surface area contributed by atoms with Crippen molar-refractivity contribution in [3.05, 3.63) is 77.4 Å². The summed E-state index contributed by atoms with van der Waals surface area (Å²) in [6.45, 7) is 4.55. The molecule has 0 atom stereocenters. The highest BCUT2D eigenvalue weighted by molar-refractivity contribution is 7.96. The van der Waals surface area contributed by atoms with Gasteiger partial charge in [-0.2, -0.15) is 0 Å². The molecule has 0 saturated carbocycles. The molecule has 0 aliphatic rings. The molecule has 0 unspecified atom stereocenters. The summed E-state index contributed by atoms with van der Waals surface area (Å²) in [5.41, 5.74) is 7.89. The zero-order chi connectivity index (χ0) is 23.1. The van der Waals surface area contributed by atoms with Crippen molar-refractivity contribution in [2.45, 2.75) is 20.4 Å². The molecule has 7 heteroatoms. The minimum atomic E-state index is -0.998. The molecule has 0 amide bonds. The highest BCUT2D eigenvalue weighted by atomic mass is 32.2. The Morgan fingerprint density at radius 2 is 1.84 bits per heavy atom. The van der Waals surface area contributed by atoms with Gasteiger partial charge in [-0.1, -0.05) is 24.3 Å². The van der Waals surface area contributed by atoms with Crippen molar-refractivity contribution in [3.8, 4) is 16.9 Å². The van der Waals surface area contributed by atoms with E-state index in [1.54, 1.807) is 11.4 Å². The summed E-state index contributed by atoms with van der Waals surface area (Å²) < 4.78 is 12.4. The zero-order valence-corrected chi connectivity index (χ0v) is 19.5. The topological polar surface area (TPSA) is 71.0 Å². The van der Waals surface area contributed by atoms with Crippen LogP contribution in [-0.2, 0) is 15.5 Å². The van der Waals surface area contributed by atoms with Crippen LogP contribution in [0.3, 0.4) is 0 Å². The number of nitrogens with one attached hydrogen (secondary N) is 1. The lowest BCUT2D eigenvalue weighted by Gasteiger charge is -2.17. The first-order chi connectivity index (χ1) is 15.4. The number of carbonyl (C=O) groups is 1. The molecule has 0 heterocycles. The lowest BCUT2D eigenvalue weighted by Crippen LogP contribution is -2.11. The lowest BCUT2D eigenvalue weighted by molar-refractivity contribution is -0.138. The predicted molar refractivity (Wildman–Crippen MR) is 131 cm³/mol. The van der Waals surface area contributed by atoms with Gasteiger partial charge in [0.2, 0.25) is 0 Å². The SMILES string of the molecule is COc1ccc(-c2cccc(C)c2C)cc1CNc1ccc(N(C)SOCC(=O)O)cc1. The van der Waals surface area contributed by atoms with Gasteiger partial charge in [0.25, 0.3) is 0 Å². The Hall–Kier alpha value is -3.16. The second kappa shape index (κ2) is 10.9. The third kappa shape index (κ3) is 5.96. The van der Waals surface area contributed by atoms with Gasteiger partial charge >= 0.3 is 5.97 Å². The zero-order valence-electron chi connectivity index (χ0n) is 18.7. The van der Waals surface area contributed by atoms with Gasteiger partial charge in [0.05, 0.1) is 7.11 Å². The fourth-order valence-corrected chi connectivity index (χ4v) is 3.85. The van der Waals surface area contributed by atoms with Gasteiger partial charge in [-0.25, -0.2) is 4.79 Å². The third-order valence-corrected chi connectivity index (χ3v) is 5.91. The molecule has 0 bridgehead atoms. The smallest absolute Gasteiger partial charge is 0.331 e. The molecule has 3 aromatic rings. The lowest BCUT2D eigenvalue weighted by atomic mass is 9.95. The molecule has 6 nitrogen and oxygen atoms in total. The number of hydrogen-bond donors (Lipinski definition) is 2. The maximum absolute atomic E-state index is 10.6. The summed E-state index contributed by atoms with van der Waals surface area (Å²) in [5.74, 6) is -0.155. The van der Waals surface area contributed by atoms with E-state index in [-0.39, 0.29) is 6.61 Å². The van der Waals surface area contributed by atoms with Crippen LogP contribution in [0, 0.1) is 13.8 Å². The van der Waals surface area contributed by atoms with Crippen molar-refractivity contribution in [2.24, 2.45) is 0 Å². The highest BCUT2D eigenvalue weighted by Crippen LogP contribution is 2.31. The number of methoxy groups -OCH3 is 1. The Kier molecular flexibility index (Phi) is 8.03. The quantitative estimate of drug-likeness (QED) is 0.302. The fourth-order valence-electron chi connectivity index (χ4n) is 3.33. The molecular weight excluding hydrogens is 424 g/mol. The third-order valence-electron chi connectivity index (χ3n) is 5.26. The van der Waals surface area contributed by atoms with Crippen LogP contribution in [0.2, 0.25) is 0 Å². The fraction of sp³-hybridized carbons (Fsp3) is 0.240. The van der Waals surface area contributed by atoms with Gasteiger partial charge < -0.3 is 15.2 Å². The number of carboxylic acid groups (broad SMARTS) is 1. The minimum absolute atomic E-state index is 0.350. The average molecular weight is 453 g/mol. The number of ether oxygens (including phenoxy) is 1. The van der Waals surface area contributed by atoms with E-state index in [9.17, 15) is 4.79 Å². The Bertz CT molecular complexity index is 1070. The molecule has 0 aliphatic carbocycles. The Labute approximate surface area is 193 Å². The van der Waals surface area contributed by atoms with Crippen LogP contribution < -0.4 is 14.4 Å². The first-order valence-corrected chi connectivity index (χ1v) is 10.9. The van der Waals surface area contributed by atoms with Crippen LogP contribution in [0.1, 0.15) is 16.7 Å². The normalized spacial score (nSPS) is 10.6. The first kappa shape index (κ1) is 23.5. The molecule has 0 aliphatic heterocycles. The van der Waals surface area contributed by atoms with E-state index >= 15 is 0 Å². The van der Waals surface area contributed by atoms with Crippen molar-refractivity contribution >= 4 is 29.6 Å². The predicted octanol–water partition coefficient (Wildman–Crippen LogP) is 5.69. The Morgan fingerprint density at radius 3 is 2.53 bits per heavy atom. The summed E-state index contributed by atoms with van der Waals surface area (Å²) in [6.07, 6.45) is 0. The van der Waals surface area contributed by atoms with E-state index in [0.29, 0.717) is 6.54 Å². The van der Waals surface area contributed by atoms with Crippen molar-refractivity contribution in [2.75, 3.05) is 30.4 Å². The molecule has 168 valence electrons. The van der Waals surface area contributed by atoms with Crippen LogP contribution in [0.15, 0.2) is 60.7 Å². The summed E-state index contributed by atoms with van der Waals surface area (Å²) >= 11 is 0.996. The van der Waals surface area contributed by atoms with E-state index in [4.69, 9.17) is 14.0 Å². The standard InChI is InChI=1S/C25H28N2O4S/c1-17-6-5-7-23(18(17)2)19-8-13-24(30-4)20(14-19)15-26-21-9-11-22(12-10-21)27(3)32-31-16-25(28)29/h5-14,26H,15-16H2,1-4H3,(H,28,29). The van der Waals surface area contributed by atoms with Gasteiger partial charge in [-0.05, 0) is 72.5 Å². The number of benzene rings is 3. The molecule has 3 rings (SSSR count). The van der Waals surface area contributed by atoms with Crippen molar-refractivity contribution in [1.82, 2.24) is 0 Å². The van der Waals surface area contributed by atoms with Crippen LogP contribution >= 0.6 is 12.2 Å². The number of hydrogen-bond acceptors (Lipinski definition) is 6. The molecule has 0 radical (unpaired) electrons. The van der Waals surface area contributed by atoms with Gasteiger partial charge in [0.15, 0.2) is 6.61 Å². The highest BCUT2D eigenvalue weighted by Gasteiger charge is 2.10. The van der Waals surface area contributed by atoms with Crippen molar-refractivity contribution in [3.63, 3.8) is 0 Å². The van der Waals surface area contributed by atoms with E-state index in [1.165, 1.54) is 22.3 Å². The maximum atomic E-state index is 10.6. The van der Waals surface area contributed by atoms with Crippen LogP contribution in [-0.4, -0.2) is 31.8 Å². The van der Waals surface area contributed by atoms with Crippen LogP contribution in [0.25, 0.3) is 11.1 Å². The van der Waals surface area contributed by atoms with Gasteiger partial charge in [-0.15, -0.1) is 0 Å². The summed E-state index contributed by atoms with van der Waals surface area (Å²) in [6, 6.07) is 20.5.